The highest BCUT2D eigenvalue weighted by molar-refractivity contribution is 6.74. The van der Waals surface area contributed by atoms with E-state index in [-0.39, 0.29) is 15.9 Å². The zero-order chi connectivity index (χ0) is 26.0. The first-order valence-electron chi connectivity index (χ1n) is 14.2. The van der Waals surface area contributed by atoms with Crippen molar-refractivity contribution in [1.29, 1.82) is 0 Å². The van der Waals surface area contributed by atoms with Gasteiger partial charge in [-0.25, -0.2) is 4.79 Å². The molecule has 0 spiro atoms. The van der Waals surface area contributed by atoms with Crippen LogP contribution in [0.4, 0.5) is 4.39 Å². The largest absolute Gasteiger partial charge is 0.476 e. The Morgan fingerprint density at radius 1 is 1.14 bits per heavy atom. The van der Waals surface area contributed by atoms with E-state index in [2.05, 4.69) is 60.7 Å². The Kier molecular flexibility index (Phi) is 7.06. The number of allylic oxidation sites excluding steroid dienone is 2. The first-order valence-corrected chi connectivity index (χ1v) is 17.1. The topological polar surface area (TPSA) is 46.5 Å². The molecule has 1 N–H and O–H groups in total. The van der Waals surface area contributed by atoms with E-state index in [1.165, 1.54) is 12.8 Å². The fourth-order valence-corrected chi connectivity index (χ4v) is 9.78. The van der Waals surface area contributed by atoms with Crippen molar-refractivity contribution in [3.8, 4) is 0 Å². The molecule has 0 radical (unpaired) electrons. The van der Waals surface area contributed by atoms with Gasteiger partial charge in [0.25, 0.3) is 0 Å². The van der Waals surface area contributed by atoms with Crippen LogP contribution in [-0.2, 0) is 9.22 Å². The molecule has 0 aliphatic heterocycles. The molecule has 0 heterocycles. The van der Waals surface area contributed by atoms with Gasteiger partial charge in [0.15, 0.2) is 8.32 Å². The average Bonchev–Trinajstić information content (AvgIpc) is 3.10. The van der Waals surface area contributed by atoms with Gasteiger partial charge in [0.05, 0.1) is 0 Å². The first-order chi connectivity index (χ1) is 16.2. The maximum absolute atomic E-state index is 14.8. The van der Waals surface area contributed by atoms with Crippen molar-refractivity contribution < 1.29 is 18.7 Å². The van der Waals surface area contributed by atoms with Crippen molar-refractivity contribution in [1.82, 2.24) is 0 Å². The summed E-state index contributed by atoms with van der Waals surface area (Å²) in [4.78, 5) is 11.5. The van der Waals surface area contributed by atoms with Crippen LogP contribution in [0.3, 0.4) is 0 Å². The summed E-state index contributed by atoms with van der Waals surface area (Å²) in [6, 6.07) is 0. The lowest BCUT2D eigenvalue weighted by Crippen LogP contribution is -2.53. The van der Waals surface area contributed by atoms with E-state index in [0.29, 0.717) is 41.8 Å². The number of carboxylic acids is 1. The molecular formula is C30H49FO3Si. The molecule has 0 aromatic rings. The minimum atomic E-state index is -1.81. The normalized spacial score (nSPS) is 40.9. The van der Waals surface area contributed by atoms with Crippen LogP contribution in [0.25, 0.3) is 0 Å². The lowest BCUT2D eigenvalue weighted by atomic mass is 9.45. The predicted octanol–water partition coefficient (Wildman–Crippen LogP) is 8.67. The van der Waals surface area contributed by atoms with Gasteiger partial charge >= 0.3 is 5.97 Å². The van der Waals surface area contributed by atoms with E-state index in [9.17, 15) is 14.3 Å². The van der Waals surface area contributed by atoms with Gasteiger partial charge in [-0.05, 0) is 110 Å². The first kappa shape index (κ1) is 27.1. The molecular weight excluding hydrogens is 455 g/mol. The van der Waals surface area contributed by atoms with Crippen molar-refractivity contribution in [2.75, 3.05) is 0 Å². The molecule has 0 amide bonds. The fraction of sp³-hybridized carbons (Fsp3) is 0.833. The number of fused-ring (bicyclic) bond motifs is 5. The molecule has 4 rings (SSSR count). The van der Waals surface area contributed by atoms with Crippen LogP contribution in [0.2, 0.25) is 18.1 Å². The smallest absolute Gasteiger partial charge is 0.364 e. The molecule has 4 aliphatic rings. The van der Waals surface area contributed by atoms with Crippen molar-refractivity contribution >= 4 is 14.3 Å². The highest BCUT2D eigenvalue weighted by atomic mass is 28.4. The minimum absolute atomic E-state index is 0.196. The highest BCUT2D eigenvalue weighted by Crippen LogP contribution is 2.68. The van der Waals surface area contributed by atoms with Crippen molar-refractivity contribution in [3.63, 3.8) is 0 Å². The van der Waals surface area contributed by atoms with Crippen LogP contribution in [0.15, 0.2) is 23.0 Å². The number of hydrogen-bond acceptors (Lipinski definition) is 2. The van der Waals surface area contributed by atoms with Gasteiger partial charge in [-0.2, -0.15) is 4.39 Å². The zero-order valence-electron chi connectivity index (χ0n) is 23.5. The number of carbonyl (C=O) groups is 1. The SMILES string of the molecule is CCC[C@@H]1C=C2CC(O[Si](C)(C)C(C)(C)C)CC[C@]2(C)[C@H]2CC[C@]3(C)C(=C(F)C(=O)O)CC[C@H]3[C@H]12. The molecule has 35 heavy (non-hydrogen) atoms. The van der Waals surface area contributed by atoms with Gasteiger partial charge in [0.2, 0.25) is 5.83 Å². The number of halogens is 1. The van der Waals surface area contributed by atoms with Crippen LogP contribution in [0, 0.1) is 34.5 Å². The number of hydrogen-bond donors (Lipinski definition) is 1. The summed E-state index contributed by atoms with van der Waals surface area (Å²) >= 11 is 0. The molecule has 3 nitrogen and oxygen atoms in total. The molecule has 7 atom stereocenters. The van der Waals surface area contributed by atoms with E-state index in [0.717, 1.165) is 38.5 Å². The van der Waals surface area contributed by atoms with Crippen LogP contribution in [-0.4, -0.2) is 25.5 Å². The van der Waals surface area contributed by atoms with Gasteiger partial charge < -0.3 is 9.53 Å². The van der Waals surface area contributed by atoms with Crippen molar-refractivity contribution in [3.05, 3.63) is 23.0 Å². The van der Waals surface area contributed by atoms with E-state index < -0.39 is 20.1 Å². The lowest BCUT2D eigenvalue weighted by molar-refractivity contribution is -0.134. The Balaban J connectivity index is 1.66. The van der Waals surface area contributed by atoms with Gasteiger partial charge in [-0.1, -0.05) is 59.6 Å². The van der Waals surface area contributed by atoms with E-state index in [4.69, 9.17) is 4.43 Å². The van der Waals surface area contributed by atoms with Crippen LogP contribution >= 0.6 is 0 Å². The van der Waals surface area contributed by atoms with Gasteiger partial charge in [-0.3, -0.25) is 0 Å². The summed E-state index contributed by atoms with van der Waals surface area (Å²) in [5, 5.41) is 9.63. The Hall–Kier alpha value is -0.943. The Morgan fingerprint density at radius 3 is 2.37 bits per heavy atom. The molecule has 3 fully saturated rings. The average molecular weight is 505 g/mol. The Bertz CT molecular complexity index is 915. The van der Waals surface area contributed by atoms with Gasteiger partial charge in [0.1, 0.15) is 0 Å². The van der Waals surface area contributed by atoms with Gasteiger partial charge in [0, 0.05) is 6.10 Å². The summed E-state index contributed by atoms with van der Waals surface area (Å²) in [6.07, 6.45) is 12.2. The third-order valence-electron chi connectivity index (χ3n) is 11.4. The second-order valence-corrected chi connectivity index (χ2v) is 18.9. The number of aliphatic carboxylic acids is 1. The molecule has 0 aromatic carbocycles. The van der Waals surface area contributed by atoms with E-state index in [1.54, 1.807) is 5.57 Å². The number of rotatable bonds is 5. The lowest BCUT2D eigenvalue weighted by Gasteiger charge is -2.60. The second kappa shape index (κ2) is 9.11. The summed E-state index contributed by atoms with van der Waals surface area (Å²) in [7, 11) is -1.81. The summed E-state index contributed by atoms with van der Waals surface area (Å²) in [5.41, 5.74) is 2.11. The summed E-state index contributed by atoms with van der Waals surface area (Å²) < 4.78 is 21.7. The van der Waals surface area contributed by atoms with E-state index in [1.807, 2.05) is 0 Å². The van der Waals surface area contributed by atoms with Crippen LogP contribution in [0.5, 0.6) is 0 Å². The molecule has 0 bridgehead atoms. The van der Waals surface area contributed by atoms with Crippen LogP contribution < -0.4 is 0 Å². The summed E-state index contributed by atoms with van der Waals surface area (Å²) in [6.45, 7) is 18.7. The van der Waals surface area contributed by atoms with E-state index >= 15 is 0 Å². The summed E-state index contributed by atoms with van der Waals surface area (Å²) in [5.74, 6) is -0.225. The van der Waals surface area contributed by atoms with Crippen molar-refractivity contribution in [2.45, 2.75) is 124 Å². The Labute approximate surface area is 214 Å². The quantitative estimate of drug-likeness (QED) is 0.231. The molecule has 4 aliphatic carbocycles. The molecule has 198 valence electrons. The minimum Gasteiger partial charge on any atom is -0.476 e. The molecule has 5 heteroatoms. The van der Waals surface area contributed by atoms with Gasteiger partial charge in [-0.15, -0.1) is 0 Å². The monoisotopic (exact) mass is 504 g/mol. The third kappa shape index (κ3) is 4.41. The second-order valence-electron chi connectivity index (χ2n) is 14.2. The Morgan fingerprint density at radius 2 is 1.77 bits per heavy atom. The molecule has 3 saturated carbocycles. The molecule has 0 aromatic heterocycles. The molecule has 0 saturated heterocycles. The zero-order valence-corrected chi connectivity index (χ0v) is 24.5. The maximum atomic E-state index is 14.8. The fourth-order valence-electron chi connectivity index (χ4n) is 8.40. The standard InChI is InChI=1S/C30H49FO3Si/c1-9-10-19-17-20-18-21(34-35(7,8)28(2,3)4)13-15-29(20,5)23-14-16-30(6)22(25(19)23)11-12-24(30)26(31)27(32)33/h17,19,21-23,25H,9-16,18H2,1-8H3,(H,32,33)/t19-,21?,22+,23+,25+,29+,30+/m1/s1. The maximum Gasteiger partial charge on any atom is 0.364 e. The third-order valence-corrected chi connectivity index (χ3v) is 15.9. The molecule has 1 unspecified atom stereocenters. The predicted molar refractivity (Wildman–Crippen MR) is 143 cm³/mol. The van der Waals surface area contributed by atoms with Crippen molar-refractivity contribution in [2.24, 2.45) is 34.5 Å². The van der Waals surface area contributed by atoms with Crippen LogP contribution in [0.1, 0.15) is 99.3 Å². The number of carboxylic acid groups (broad SMARTS) is 1. The highest BCUT2D eigenvalue weighted by Gasteiger charge is 2.60.